The van der Waals surface area contributed by atoms with Crippen molar-refractivity contribution in [3.63, 3.8) is 0 Å². The van der Waals surface area contributed by atoms with Crippen LogP contribution in [0.5, 0.6) is 0 Å². The molecule has 122 valence electrons. The molecule has 0 saturated carbocycles. The molecular formula is C17H13N7S. The fourth-order valence-corrected chi connectivity index (χ4v) is 3.69. The zero-order valence-corrected chi connectivity index (χ0v) is 14.1. The lowest BCUT2D eigenvalue weighted by atomic mass is 10.1. The third kappa shape index (κ3) is 2.43. The highest BCUT2D eigenvalue weighted by molar-refractivity contribution is 7.17. The lowest BCUT2D eigenvalue weighted by Crippen LogP contribution is -1.96. The Bertz CT molecular complexity index is 1200. The summed E-state index contributed by atoms with van der Waals surface area (Å²) >= 11 is 1.68. The van der Waals surface area contributed by atoms with Gasteiger partial charge in [-0.15, -0.1) is 21.5 Å². The van der Waals surface area contributed by atoms with E-state index in [1.807, 2.05) is 48.1 Å². The molecule has 5 heterocycles. The van der Waals surface area contributed by atoms with Crippen LogP contribution in [0.1, 0.15) is 0 Å². The largest absolute Gasteiger partial charge is 0.323 e. The Morgan fingerprint density at radius 3 is 2.92 bits per heavy atom. The minimum atomic E-state index is 0.774. The van der Waals surface area contributed by atoms with Gasteiger partial charge in [-0.05, 0) is 24.3 Å². The number of aryl methyl sites for hydroxylation is 1. The number of fused-ring (bicyclic) bond motifs is 2. The molecule has 0 amide bonds. The second kappa shape index (κ2) is 5.38. The van der Waals surface area contributed by atoms with Crippen LogP contribution in [-0.4, -0.2) is 29.4 Å². The number of nitrogens with zero attached hydrogens (tertiary/aromatic N) is 6. The molecule has 0 bridgehead atoms. The molecule has 5 aromatic rings. The van der Waals surface area contributed by atoms with Gasteiger partial charge in [-0.3, -0.25) is 9.08 Å². The minimum absolute atomic E-state index is 0.774. The first kappa shape index (κ1) is 14.1. The molecule has 0 spiro atoms. The maximum absolute atomic E-state index is 4.79. The van der Waals surface area contributed by atoms with Crippen molar-refractivity contribution >= 4 is 38.8 Å². The summed E-state index contributed by atoms with van der Waals surface area (Å²) in [5, 5.41) is 17.7. The Labute approximate surface area is 146 Å². The first-order chi connectivity index (χ1) is 12.3. The third-order valence-corrected chi connectivity index (χ3v) is 4.93. The lowest BCUT2D eigenvalue weighted by Gasteiger charge is -2.04. The number of thiophene rings is 1. The quantitative estimate of drug-likeness (QED) is 0.541. The van der Waals surface area contributed by atoms with Gasteiger partial charge in [0.15, 0.2) is 11.5 Å². The second-order valence-corrected chi connectivity index (χ2v) is 6.62. The van der Waals surface area contributed by atoms with Gasteiger partial charge in [-0.1, -0.05) is 0 Å². The van der Waals surface area contributed by atoms with Crippen molar-refractivity contribution in [3.05, 3.63) is 54.4 Å². The lowest BCUT2D eigenvalue weighted by molar-refractivity contribution is 0.771. The number of nitrogens with one attached hydrogen (secondary N) is 1. The molecule has 5 aromatic heterocycles. The molecule has 0 unspecified atom stereocenters. The molecular weight excluding hydrogens is 334 g/mol. The van der Waals surface area contributed by atoms with Gasteiger partial charge in [0.25, 0.3) is 0 Å². The van der Waals surface area contributed by atoms with E-state index in [2.05, 4.69) is 32.1 Å². The fourth-order valence-electron chi connectivity index (χ4n) is 2.79. The van der Waals surface area contributed by atoms with Crippen molar-refractivity contribution in [1.82, 2.24) is 29.4 Å². The van der Waals surface area contributed by atoms with E-state index in [4.69, 9.17) is 4.98 Å². The number of anilines is 2. The summed E-state index contributed by atoms with van der Waals surface area (Å²) in [4.78, 5) is 4.79. The zero-order chi connectivity index (χ0) is 16.8. The molecule has 0 aliphatic carbocycles. The maximum Gasteiger partial charge on any atom is 0.160 e. The molecule has 0 aliphatic heterocycles. The first-order valence-corrected chi connectivity index (χ1v) is 8.59. The summed E-state index contributed by atoms with van der Waals surface area (Å²) in [7, 11) is 1.89. The number of pyridine rings is 2. The van der Waals surface area contributed by atoms with Crippen LogP contribution in [0.2, 0.25) is 0 Å². The van der Waals surface area contributed by atoms with Gasteiger partial charge >= 0.3 is 0 Å². The minimum Gasteiger partial charge on any atom is -0.323 e. The van der Waals surface area contributed by atoms with Crippen LogP contribution in [0.3, 0.4) is 0 Å². The van der Waals surface area contributed by atoms with Crippen LogP contribution in [-0.2, 0) is 7.05 Å². The van der Waals surface area contributed by atoms with Gasteiger partial charge in [0.1, 0.15) is 12.1 Å². The molecule has 25 heavy (non-hydrogen) atoms. The molecule has 5 rings (SSSR count). The van der Waals surface area contributed by atoms with Crippen molar-refractivity contribution in [1.29, 1.82) is 0 Å². The molecule has 0 atom stereocenters. The zero-order valence-electron chi connectivity index (χ0n) is 13.3. The molecule has 0 aliphatic rings. The van der Waals surface area contributed by atoms with Gasteiger partial charge in [0.05, 0.1) is 10.2 Å². The van der Waals surface area contributed by atoms with Gasteiger partial charge in [0, 0.05) is 42.0 Å². The topological polar surface area (TPSA) is 72.9 Å². The van der Waals surface area contributed by atoms with Gasteiger partial charge in [-0.25, -0.2) is 4.98 Å². The monoisotopic (exact) mass is 347 g/mol. The smallest absolute Gasteiger partial charge is 0.160 e. The molecule has 0 aromatic carbocycles. The summed E-state index contributed by atoms with van der Waals surface area (Å²) in [6.45, 7) is 0. The highest BCUT2D eigenvalue weighted by atomic mass is 32.1. The predicted molar refractivity (Wildman–Crippen MR) is 98.1 cm³/mol. The second-order valence-electron chi connectivity index (χ2n) is 5.71. The van der Waals surface area contributed by atoms with Gasteiger partial charge in [0.2, 0.25) is 0 Å². The van der Waals surface area contributed by atoms with Crippen LogP contribution in [0.4, 0.5) is 11.6 Å². The van der Waals surface area contributed by atoms with Crippen molar-refractivity contribution < 1.29 is 0 Å². The van der Waals surface area contributed by atoms with E-state index in [0.29, 0.717) is 0 Å². The highest BCUT2D eigenvalue weighted by Crippen LogP contribution is 2.33. The number of rotatable bonds is 3. The SMILES string of the molecule is Cn1ccc(Nc2ccc3scc(-c4ccc5nncn5c4)c3n2)n1. The molecule has 8 heteroatoms. The van der Waals surface area contributed by atoms with Crippen LogP contribution < -0.4 is 5.32 Å². The van der Waals surface area contributed by atoms with E-state index >= 15 is 0 Å². The average Bonchev–Trinajstić information content (AvgIpc) is 3.33. The molecule has 0 radical (unpaired) electrons. The number of aromatic nitrogens is 6. The third-order valence-electron chi connectivity index (χ3n) is 3.99. The first-order valence-electron chi connectivity index (χ1n) is 7.71. The Kier molecular flexibility index (Phi) is 3.04. The Hall–Kier alpha value is -3.26. The van der Waals surface area contributed by atoms with Crippen molar-refractivity contribution in [3.8, 4) is 11.1 Å². The van der Waals surface area contributed by atoms with E-state index < -0.39 is 0 Å². The molecule has 7 nitrogen and oxygen atoms in total. The number of hydrogen-bond acceptors (Lipinski definition) is 6. The van der Waals surface area contributed by atoms with Crippen LogP contribution in [0.25, 0.3) is 27.0 Å². The van der Waals surface area contributed by atoms with E-state index in [1.54, 1.807) is 22.3 Å². The average molecular weight is 347 g/mol. The highest BCUT2D eigenvalue weighted by Gasteiger charge is 2.10. The standard InChI is InChI=1S/C17H13N7S/c1-23-7-6-15(22-23)19-14-4-3-13-17(20-14)12(9-25-13)11-2-5-16-21-18-10-24(16)8-11/h2-10H,1H3,(H,19,20,22). The Morgan fingerprint density at radius 1 is 1.08 bits per heavy atom. The predicted octanol–water partition coefficient (Wildman–Crippen LogP) is 3.48. The Morgan fingerprint density at radius 2 is 2.04 bits per heavy atom. The van der Waals surface area contributed by atoms with Crippen molar-refractivity contribution in [2.75, 3.05) is 5.32 Å². The van der Waals surface area contributed by atoms with Crippen LogP contribution >= 0.6 is 11.3 Å². The summed E-state index contributed by atoms with van der Waals surface area (Å²) in [6.07, 6.45) is 5.62. The summed E-state index contributed by atoms with van der Waals surface area (Å²) < 4.78 is 4.81. The van der Waals surface area contributed by atoms with E-state index in [1.165, 1.54) is 0 Å². The molecule has 0 saturated heterocycles. The maximum atomic E-state index is 4.79. The number of hydrogen-bond donors (Lipinski definition) is 1. The molecule has 0 fully saturated rings. The summed E-state index contributed by atoms with van der Waals surface area (Å²) in [5.74, 6) is 1.55. The van der Waals surface area contributed by atoms with Crippen molar-refractivity contribution in [2.45, 2.75) is 0 Å². The normalized spacial score (nSPS) is 11.4. The Balaban J connectivity index is 1.59. The van der Waals surface area contributed by atoms with E-state index in [9.17, 15) is 0 Å². The molecule has 1 N–H and O–H groups in total. The van der Waals surface area contributed by atoms with Crippen LogP contribution in [0.15, 0.2) is 54.4 Å². The van der Waals surface area contributed by atoms with Crippen LogP contribution in [0, 0.1) is 0 Å². The van der Waals surface area contributed by atoms with E-state index in [-0.39, 0.29) is 0 Å². The van der Waals surface area contributed by atoms with Gasteiger partial charge in [-0.2, -0.15) is 5.10 Å². The van der Waals surface area contributed by atoms with Gasteiger partial charge < -0.3 is 5.32 Å². The fraction of sp³-hybridized carbons (Fsp3) is 0.0588. The summed E-state index contributed by atoms with van der Waals surface area (Å²) in [6, 6.07) is 9.98. The van der Waals surface area contributed by atoms with Crippen molar-refractivity contribution in [2.24, 2.45) is 7.05 Å². The summed E-state index contributed by atoms with van der Waals surface area (Å²) in [5.41, 5.74) is 3.98. The van der Waals surface area contributed by atoms with E-state index in [0.717, 1.165) is 38.6 Å².